The molecule has 0 atom stereocenters. The second kappa shape index (κ2) is 47.8. The average Bonchev–Trinajstić information content (AvgIpc) is 0.878. The third-order valence-electron chi connectivity index (χ3n) is 14.9. The predicted molar refractivity (Wildman–Crippen MR) is 512 cm³/mol. The monoisotopic (exact) mass is 1950 g/mol. The van der Waals surface area contributed by atoms with Gasteiger partial charge < -0.3 is 128 Å². The Hall–Kier alpha value is -5.07. The Labute approximate surface area is 755 Å². The fraction of sp³-hybridized carbons (Fsp3) is 0.143. The van der Waals surface area contributed by atoms with Crippen molar-refractivity contribution in [1.82, 2.24) is 0 Å². The Morgan fingerprint density at radius 3 is 0.243 bits per heavy atom. The third kappa shape index (κ3) is 40.7. The van der Waals surface area contributed by atoms with Crippen LogP contribution in [0.15, 0.2) is 291 Å². The molecule has 0 aliphatic carbocycles. The fourth-order valence-corrected chi connectivity index (χ4v) is 19.8. The van der Waals surface area contributed by atoms with Gasteiger partial charge in [-0.1, -0.05) is 212 Å². The van der Waals surface area contributed by atoms with E-state index in [1.165, 1.54) is 0 Å². The van der Waals surface area contributed by atoms with Gasteiger partial charge in [-0.2, -0.15) is 0 Å². The second-order valence-electron chi connectivity index (χ2n) is 25.5. The van der Waals surface area contributed by atoms with Crippen LogP contribution >= 0.6 is 34.2 Å². The van der Waals surface area contributed by atoms with E-state index in [4.69, 9.17) is 199 Å². The molecule has 0 aromatic heterocycles. The first-order chi connectivity index (χ1) is 53.7. The van der Waals surface area contributed by atoms with Crippen LogP contribution in [0, 0.1) is 83.1 Å². The summed E-state index contributed by atoms with van der Waals surface area (Å²) in [6, 6.07) is 91.2. The van der Waals surface area contributed by atoms with E-state index < -0.39 is 34.2 Å². The molecule has 0 unspecified atom stereocenters. The van der Waals surface area contributed by atoms with Crippen molar-refractivity contribution in [2.24, 2.45) is 0 Å². The SMILES string of the molecule is Cc1ccc(OP(=S)([S-])Oc2ccc(C)cc2)cc1.Cc1ccc(OP(=S)([S-])Oc2ccc(C)cc2)cc1.Cc1ccc(OP(=S)([S-])Oc2ccc(C)cc2)cc1.Cc1ccc(OP(=S)([S-])Oc2ccc(C)cc2)cc1.Cc1ccc(OP(=S)([S-])Oc2ccc(C)cc2)cc1.Cc1ccc(OP(=S)([S-])Oc2ccc(C)cc2)cc1.[Mo]. The Kier molecular flexibility index (Phi) is 41.0. The number of aryl methyl sites for hydroxylation is 12. The maximum absolute atomic E-state index is 5.61. The number of rotatable bonds is 24. The van der Waals surface area contributed by atoms with E-state index in [1.54, 1.807) is 0 Å². The largest absolute Gasteiger partial charge is 0.665 e. The Morgan fingerprint density at radius 2 is 0.191 bits per heavy atom. The molecule has 0 heterocycles. The average molecular weight is 1950 g/mol. The minimum atomic E-state index is -2.75. The van der Waals surface area contributed by atoms with Crippen LogP contribution in [-0.4, -0.2) is 0 Å². The summed E-state index contributed by atoms with van der Waals surface area (Å²) >= 11 is 63.1. The molecule has 0 radical (unpaired) electrons. The van der Waals surface area contributed by atoms with Gasteiger partial charge in [0.1, 0.15) is 69.0 Å². The molecule has 0 saturated carbocycles. The van der Waals surface area contributed by atoms with Crippen LogP contribution < -0.4 is 54.3 Å². The van der Waals surface area contributed by atoms with Crippen LogP contribution in [0.5, 0.6) is 69.0 Å². The quantitative estimate of drug-likeness (QED) is 0.0325. The van der Waals surface area contributed by atoms with Gasteiger partial charge in [0.25, 0.3) is 0 Å². The number of hydrogen-bond acceptors (Lipinski definition) is 24. The van der Waals surface area contributed by atoms with Crippen molar-refractivity contribution >= 4 is 178 Å². The zero-order chi connectivity index (χ0) is 83.3. The summed E-state index contributed by atoms with van der Waals surface area (Å²) in [7, 11) is 0. The van der Waals surface area contributed by atoms with Crippen molar-refractivity contribution < 1.29 is 75.4 Å². The van der Waals surface area contributed by atoms with Gasteiger partial charge >= 0.3 is 0 Å². The molecule has 0 aliphatic heterocycles. The third-order valence-corrected chi connectivity index (χ3v) is 25.4. The Bertz CT molecular complexity index is 4120. The van der Waals surface area contributed by atoms with Gasteiger partial charge in [-0.05, 0) is 300 Å². The van der Waals surface area contributed by atoms with Crippen LogP contribution in [0.1, 0.15) is 66.8 Å². The van der Waals surface area contributed by atoms with Gasteiger partial charge in [0, 0.05) is 21.1 Å². The molecular weight excluding hydrogens is 1870 g/mol. The predicted octanol–water partition coefficient (Wildman–Crippen LogP) is 27.2. The van der Waals surface area contributed by atoms with Crippen LogP contribution in [0.2, 0.25) is 0 Å². The maximum atomic E-state index is 5.61. The number of hydrogen-bond donors (Lipinski definition) is 0. The molecule has 12 rings (SSSR count). The maximum Gasteiger partial charge on any atom is 0.156 e. The van der Waals surface area contributed by atoms with Gasteiger partial charge in [-0.25, -0.2) is 0 Å². The van der Waals surface area contributed by atoms with Gasteiger partial charge in [-0.3, -0.25) is 0 Å². The van der Waals surface area contributed by atoms with Crippen LogP contribution in [0.25, 0.3) is 0 Å². The first-order valence-corrected chi connectivity index (χ1v) is 56.6. The summed E-state index contributed by atoms with van der Waals surface area (Å²) in [4.78, 5) is 0. The first-order valence-electron chi connectivity index (χ1n) is 34.7. The molecule has 0 fully saturated rings. The van der Waals surface area contributed by atoms with E-state index in [9.17, 15) is 0 Å². The van der Waals surface area contributed by atoms with Crippen molar-refractivity contribution in [3.05, 3.63) is 358 Å². The summed E-state index contributed by atoms with van der Waals surface area (Å²) in [5.74, 6) is 7.79. The standard InChI is InChI=1S/6C14H15O2PS2.Mo/c6*1-11-3-7-13(8-4-11)15-17(18,19)16-14-9-5-12(2)6-10-14;/h6*3-10H,1-2H3,(H,18,19);/p-6. The summed E-state index contributed by atoms with van der Waals surface area (Å²) < 4.78 is 67.3. The van der Waals surface area contributed by atoms with Gasteiger partial charge in [0.15, 0.2) is 34.2 Å². The molecule has 115 heavy (non-hydrogen) atoms. The molecule has 0 amide bonds. The van der Waals surface area contributed by atoms with Crippen LogP contribution in [0.4, 0.5) is 0 Å². The summed E-state index contributed by atoms with van der Waals surface area (Å²) in [5.41, 5.74) is -2.62. The van der Waals surface area contributed by atoms with E-state index in [1.807, 2.05) is 374 Å². The molecule has 12 aromatic rings. The fourth-order valence-electron chi connectivity index (χ4n) is 8.85. The van der Waals surface area contributed by atoms with E-state index in [0.29, 0.717) is 69.0 Å². The molecule has 12 aromatic carbocycles. The molecule has 0 N–H and O–H groups in total. The first kappa shape index (κ1) is 98.7. The van der Waals surface area contributed by atoms with E-state index in [2.05, 4.69) is 0 Å². The van der Waals surface area contributed by atoms with E-state index in [0.717, 1.165) is 66.8 Å². The van der Waals surface area contributed by atoms with Gasteiger partial charge in [0.05, 0.1) is 0 Å². The zero-order valence-corrected chi connectivity index (χ0v) is 81.8. The molecule has 12 nitrogen and oxygen atoms in total. The van der Waals surface area contributed by atoms with Crippen molar-refractivity contribution in [1.29, 1.82) is 0 Å². The molecular formula is C84H84MoO12P6S12-6. The second-order valence-corrected chi connectivity index (χ2v) is 54.6. The number of benzene rings is 12. The molecule has 0 aliphatic rings. The summed E-state index contributed by atoms with van der Waals surface area (Å²) in [6.45, 7) is 24.1. The van der Waals surface area contributed by atoms with Gasteiger partial charge in [0.2, 0.25) is 0 Å². The van der Waals surface area contributed by atoms with Crippen molar-refractivity contribution in [2.75, 3.05) is 0 Å². The van der Waals surface area contributed by atoms with E-state index >= 15 is 0 Å². The van der Waals surface area contributed by atoms with E-state index in [-0.39, 0.29) is 21.1 Å². The minimum Gasteiger partial charge on any atom is -0.665 e. The Morgan fingerprint density at radius 1 is 0.139 bits per heavy atom. The molecule has 31 heteroatoms. The van der Waals surface area contributed by atoms with Crippen molar-refractivity contribution in [3.63, 3.8) is 0 Å². The summed E-state index contributed by atoms with van der Waals surface area (Å²) in [5, 5.41) is 0. The van der Waals surface area contributed by atoms with Crippen molar-refractivity contribution in [3.8, 4) is 69.0 Å². The normalized spacial score (nSPS) is 11.0. The smallest absolute Gasteiger partial charge is 0.156 e. The molecule has 0 bridgehead atoms. The molecule has 0 spiro atoms. The molecule has 0 saturated heterocycles. The van der Waals surface area contributed by atoms with Crippen molar-refractivity contribution in [2.45, 2.75) is 83.1 Å². The topological polar surface area (TPSA) is 111 Å². The van der Waals surface area contributed by atoms with Crippen LogP contribution in [-0.2, 0) is 165 Å². The minimum absolute atomic E-state index is 0. The zero-order valence-electron chi connectivity index (χ0n) is 64.6. The Balaban J connectivity index is 0.000000214. The summed E-state index contributed by atoms with van der Waals surface area (Å²) in [6.07, 6.45) is 0. The van der Waals surface area contributed by atoms with Gasteiger partial charge in [-0.15, -0.1) is 0 Å². The molecule has 606 valence electrons. The van der Waals surface area contributed by atoms with Crippen LogP contribution in [0.3, 0.4) is 0 Å².